The zero-order valence-electron chi connectivity index (χ0n) is 5.49. The molecule has 3 atom stereocenters. The summed E-state index contributed by atoms with van der Waals surface area (Å²) in [5, 5.41) is 26.1. The SMILES string of the molecule is [CH2]C(O)C(CO)C(C)O. The van der Waals surface area contributed by atoms with E-state index in [1.165, 1.54) is 6.92 Å². The fourth-order valence-electron chi connectivity index (χ4n) is 0.596. The standard InChI is InChI=1S/C6H13O3/c1-4(8)6(3-7)5(2)9/h4-9H,1,3H2,2H3. The summed E-state index contributed by atoms with van der Waals surface area (Å²) in [7, 11) is 0. The highest BCUT2D eigenvalue weighted by molar-refractivity contribution is 4.73. The lowest BCUT2D eigenvalue weighted by Gasteiger charge is -2.19. The smallest absolute Gasteiger partial charge is 0.0616 e. The van der Waals surface area contributed by atoms with E-state index >= 15 is 0 Å². The monoisotopic (exact) mass is 133 g/mol. The second-order valence-corrected chi connectivity index (χ2v) is 2.15. The normalized spacial score (nSPS) is 21.0. The lowest BCUT2D eigenvalue weighted by atomic mass is 10.00. The van der Waals surface area contributed by atoms with E-state index in [1.54, 1.807) is 0 Å². The van der Waals surface area contributed by atoms with Gasteiger partial charge >= 0.3 is 0 Å². The van der Waals surface area contributed by atoms with Crippen LogP contribution in [-0.4, -0.2) is 34.1 Å². The molecule has 0 aliphatic rings. The number of aliphatic hydroxyl groups is 3. The number of hydrogen-bond acceptors (Lipinski definition) is 3. The molecule has 3 unspecified atom stereocenters. The molecule has 0 bridgehead atoms. The van der Waals surface area contributed by atoms with Crippen LogP contribution in [0.2, 0.25) is 0 Å². The molecule has 9 heavy (non-hydrogen) atoms. The number of rotatable bonds is 3. The van der Waals surface area contributed by atoms with Crippen molar-refractivity contribution in [2.24, 2.45) is 5.92 Å². The summed E-state index contributed by atoms with van der Waals surface area (Å²) in [6.07, 6.45) is -1.60. The Morgan fingerprint density at radius 3 is 1.89 bits per heavy atom. The maximum absolute atomic E-state index is 8.82. The van der Waals surface area contributed by atoms with E-state index in [0.29, 0.717) is 0 Å². The molecule has 0 aromatic heterocycles. The van der Waals surface area contributed by atoms with E-state index in [1.807, 2.05) is 0 Å². The van der Waals surface area contributed by atoms with Crippen molar-refractivity contribution in [3.8, 4) is 0 Å². The lowest BCUT2D eigenvalue weighted by molar-refractivity contribution is 0.0116. The zero-order chi connectivity index (χ0) is 7.44. The molecule has 3 N–H and O–H groups in total. The van der Waals surface area contributed by atoms with Gasteiger partial charge < -0.3 is 15.3 Å². The van der Waals surface area contributed by atoms with Gasteiger partial charge in [0.05, 0.1) is 18.8 Å². The maximum Gasteiger partial charge on any atom is 0.0616 e. The molecule has 0 saturated carbocycles. The minimum atomic E-state index is -0.894. The average Bonchev–Trinajstić information content (AvgIpc) is 1.64. The van der Waals surface area contributed by atoms with Crippen molar-refractivity contribution in [1.29, 1.82) is 0 Å². The lowest BCUT2D eigenvalue weighted by Crippen LogP contribution is -2.30. The Morgan fingerprint density at radius 2 is 1.89 bits per heavy atom. The highest BCUT2D eigenvalue weighted by atomic mass is 16.3. The van der Waals surface area contributed by atoms with Crippen molar-refractivity contribution in [2.75, 3.05) is 6.61 Å². The van der Waals surface area contributed by atoms with Crippen LogP contribution >= 0.6 is 0 Å². The Kier molecular flexibility index (Phi) is 3.77. The van der Waals surface area contributed by atoms with Gasteiger partial charge in [0.15, 0.2) is 0 Å². The topological polar surface area (TPSA) is 60.7 Å². The molecule has 0 heterocycles. The number of aliphatic hydroxyl groups excluding tert-OH is 3. The quantitative estimate of drug-likeness (QED) is 0.471. The van der Waals surface area contributed by atoms with Gasteiger partial charge in [0, 0.05) is 5.92 Å². The summed E-state index contributed by atoms with van der Waals surface area (Å²) in [6.45, 7) is 4.54. The second kappa shape index (κ2) is 3.82. The first kappa shape index (κ1) is 8.88. The summed E-state index contributed by atoms with van der Waals surface area (Å²) in [4.78, 5) is 0. The Morgan fingerprint density at radius 1 is 1.44 bits per heavy atom. The molecule has 0 fully saturated rings. The Balaban J connectivity index is 3.68. The maximum atomic E-state index is 8.82. The Labute approximate surface area is 54.9 Å². The van der Waals surface area contributed by atoms with Crippen LogP contribution < -0.4 is 0 Å². The van der Waals surface area contributed by atoms with Crippen LogP contribution in [0.15, 0.2) is 0 Å². The van der Waals surface area contributed by atoms with Crippen molar-refractivity contribution < 1.29 is 15.3 Å². The van der Waals surface area contributed by atoms with Crippen molar-refractivity contribution in [3.63, 3.8) is 0 Å². The molecule has 0 saturated heterocycles. The summed E-state index contributed by atoms with van der Waals surface area (Å²) < 4.78 is 0. The van der Waals surface area contributed by atoms with Gasteiger partial charge in [-0.15, -0.1) is 0 Å². The van der Waals surface area contributed by atoms with Gasteiger partial charge in [-0.05, 0) is 13.8 Å². The minimum absolute atomic E-state index is 0.234. The molecule has 0 aliphatic carbocycles. The van der Waals surface area contributed by atoms with E-state index in [-0.39, 0.29) is 6.61 Å². The van der Waals surface area contributed by atoms with E-state index < -0.39 is 18.1 Å². The highest BCUT2D eigenvalue weighted by Crippen LogP contribution is 2.06. The first-order chi connectivity index (χ1) is 4.09. The van der Waals surface area contributed by atoms with Gasteiger partial charge in [-0.2, -0.15) is 0 Å². The summed E-state index contributed by atoms with van der Waals surface area (Å²) in [6, 6.07) is 0. The van der Waals surface area contributed by atoms with Crippen molar-refractivity contribution in [1.82, 2.24) is 0 Å². The van der Waals surface area contributed by atoms with Crippen LogP contribution in [0.5, 0.6) is 0 Å². The Hall–Kier alpha value is -0.120. The molecule has 3 nitrogen and oxygen atoms in total. The molecular formula is C6H13O3. The summed E-state index contributed by atoms with van der Waals surface area (Å²) in [5.41, 5.74) is 0. The second-order valence-electron chi connectivity index (χ2n) is 2.15. The molecular weight excluding hydrogens is 120 g/mol. The van der Waals surface area contributed by atoms with Crippen LogP contribution in [0, 0.1) is 12.8 Å². The molecule has 0 amide bonds. The van der Waals surface area contributed by atoms with E-state index in [2.05, 4.69) is 6.92 Å². The van der Waals surface area contributed by atoms with Gasteiger partial charge in [-0.1, -0.05) is 0 Å². The molecule has 0 aromatic rings. The van der Waals surface area contributed by atoms with Gasteiger partial charge in [0.2, 0.25) is 0 Å². The predicted molar refractivity (Wildman–Crippen MR) is 33.6 cm³/mol. The summed E-state index contributed by atoms with van der Waals surface area (Å²) >= 11 is 0. The van der Waals surface area contributed by atoms with Gasteiger partial charge in [-0.3, -0.25) is 0 Å². The molecule has 0 rings (SSSR count). The zero-order valence-corrected chi connectivity index (χ0v) is 5.49. The van der Waals surface area contributed by atoms with E-state index in [9.17, 15) is 0 Å². The van der Waals surface area contributed by atoms with Gasteiger partial charge in [0.1, 0.15) is 0 Å². The van der Waals surface area contributed by atoms with Crippen molar-refractivity contribution in [2.45, 2.75) is 19.1 Å². The van der Waals surface area contributed by atoms with Crippen molar-refractivity contribution >= 4 is 0 Å². The molecule has 3 heteroatoms. The van der Waals surface area contributed by atoms with Crippen LogP contribution in [0.3, 0.4) is 0 Å². The largest absolute Gasteiger partial charge is 0.396 e. The third-order valence-corrected chi connectivity index (χ3v) is 1.32. The molecule has 0 aliphatic heterocycles. The first-order valence-corrected chi connectivity index (χ1v) is 2.89. The predicted octanol–water partition coefficient (Wildman–Crippen LogP) is -0.829. The highest BCUT2D eigenvalue weighted by Gasteiger charge is 2.18. The van der Waals surface area contributed by atoms with Gasteiger partial charge in [0.25, 0.3) is 0 Å². The molecule has 0 spiro atoms. The van der Waals surface area contributed by atoms with Crippen molar-refractivity contribution in [3.05, 3.63) is 6.92 Å². The van der Waals surface area contributed by atoms with Crippen LogP contribution in [0.25, 0.3) is 0 Å². The number of hydrogen-bond donors (Lipinski definition) is 3. The van der Waals surface area contributed by atoms with Crippen LogP contribution in [-0.2, 0) is 0 Å². The van der Waals surface area contributed by atoms with Crippen LogP contribution in [0.4, 0.5) is 0 Å². The molecule has 1 radical (unpaired) electrons. The Bertz CT molecular complexity index is 62.7. The average molecular weight is 133 g/mol. The third kappa shape index (κ3) is 2.79. The summed E-state index contributed by atoms with van der Waals surface area (Å²) in [5.74, 6) is -0.523. The fourth-order valence-corrected chi connectivity index (χ4v) is 0.596. The fraction of sp³-hybridized carbons (Fsp3) is 0.833. The van der Waals surface area contributed by atoms with E-state index in [4.69, 9.17) is 15.3 Å². The van der Waals surface area contributed by atoms with E-state index in [0.717, 1.165) is 0 Å². The minimum Gasteiger partial charge on any atom is -0.396 e. The van der Waals surface area contributed by atoms with Gasteiger partial charge in [-0.25, -0.2) is 0 Å². The molecule has 55 valence electrons. The third-order valence-electron chi connectivity index (χ3n) is 1.32. The first-order valence-electron chi connectivity index (χ1n) is 2.89. The molecule has 0 aromatic carbocycles. The van der Waals surface area contributed by atoms with Crippen LogP contribution in [0.1, 0.15) is 6.92 Å².